The van der Waals surface area contributed by atoms with E-state index in [-0.39, 0.29) is 5.04 Å². The van der Waals surface area contributed by atoms with Crippen molar-refractivity contribution in [2.24, 2.45) is 7.05 Å². The molecule has 1 aromatic heterocycles. The van der Waals surface area contributed by atoms with E-state index in [1.54, 1.807) is 14.2 Å². The highest BCUT2D eigenvalue weighted by molar-refractivity contribution is 6.74. The van der Waals surface area contributed by atoms with Crippen LogP contribution < -0.4 is 14.8 Å². The van der Waals surface area contributed by atoms with Gasteiger partial charge in [-0.15, -0.1) is 0 Å². The van der Waals surface area contributed by atoms with Gasteiger partial charge in [-0.2, -0.15) is 0 Å². The predicted octanol–water partition coefficient (Wildman–Crippen LogP) is 7.60. The molecule has 1 aliphatic carbocycles. The molecule has 5 nitrogen and oxygen atoms in total. The number of methoxy groups -OCH3 is 2. The van der Waals surface area contributed by atoms with Crippen molar-refractivity contribution in [3.8, 4) is 11.5 Å². The molecule has 0 bridgehead atoms. The van der Waals surface area contributed by atoms with E-state index >= 15 is 0 Å². The average molecular weight is 509 g/mol. The van der Waals surface area contributed by atoms with Crippen molar-refractivity contribution in [2.45, 2.75) is 84.2 Å². The molecule has 3 aromatic rings. The lowest BCUT2D eigenvalue weighted by molar-refractivity contribution is 0.269. The molecule has 6 heteroatoms. The Hall–Kier alpha value is -2.44. The molecule has 0 fully saturated rings. The van der Waals surface area contributed by atoms with Crippen LogP contribution in [0.1, 0.15) is 62.4 Å². The topological polar surface area (TPSA) is 44.7 Å². The van der Waals surface area contributed by atoms with Gasteiger partial charge in [-0.3, -0.25) is 0 Å². The van der Waals surface area contributed by atoms with Crippen molar-refractivity contribution < 1.29 is 13.9 Å². The number of ether oxygens (including phenoxy) is 2. The Labute approximate surface area is 218 Å². The monoisotopic (exact) mass is 508 g/mol. The highest BCUT2D eigenvalue weighted by Gasteiger charge is 2.37. The Morgan fingerprint density at radius 3 is 2.42 bits per heavy atom. The van der Waals surface area contributed by atoms with Gasteiger partial charge < -0.3 is 23.8 Å². The van der Waals surface area contributed by atoms with Crippen molar-refractivity contribution >= 4 is 24.9 Å². The fourth-order valence-electron chi connectivity index (χ4n) is 5.01. The van der Waals surface area contributed by atoms with E-state index in [4.69, 9.17) is 13.9 Å². The second kappa shape index (κ2) is 10.5. The van der Waals surface area contributed by atoms with Crippen LogP contribution >= 0.6 is 0 Å². The maximum absolute atomic E-state index is 6.76. The van der Waals surface area contributed by atoms with E-state index in [9.17, 15) is 0 Å². The van der Waals surface area contributed by atoms with Crippen LogP contribution in [0.2, 0.25) is 18.1 Å². The summed E-state index contributed by atoms with van der Waals surface area (Å²) in [6.45, 7) is 12.8. The smallest absolute Gasteiger partial charge is 0.192 e. The summed E-state index contributed by atoms with van der Waals surface area (Å²) in [5, 5.41) is 5.38. The molecule has 0 atom stereocenters. The van der Waals surface area contributed by atoms with E-state index in [2.05, 4.69) is 69.0 Å². The number of aromatic nitrogens is 1. The molecule has 1 N–H and O–H groups in total. The van der Waals surface area contributed by atoms with Crippen molar-refractivity contribution in [1.82, 2.24) is 4.57 Å². The molecule has 4 rings (SSSR count). The highest BCUT2D eigenvalue weighted by Crippen LogP contribution is 2.41. The standard InChI is InChI=1S/C30H44N2O3Si/c1-30(2,3)36(7,8)35-20-26-29(31-19-22-14-16-23(33-5)18-27(22)34-6)28-24-13-11-9-10-12-21(24)15-17-25(28)32(26)4/h14-18,31H,9-13,19-20H2,1-8H3. The molecule has 196 valence electrons. The summed E-state index contributed by atoms with van der Waals surface area (Å²) >= 11 is 0. The lowest BCUT2D eigenvalue weighted by atomic mass is 9.97. The molecule has 36 heavy (non-hydrogen) atoms. The van der Waals surface area contributed by atoms with Crippen molar-refractivity contribution in [3.05, 3.63) is 52.7 Å². The van der Waals surface area contributed by atoms with E-state index in [0.717, 1.165) is 23.5 Å². The van der Waals surface area contributed by atoms with Gasteiger partial charge in [0.15, 0.2) is 8.32 Å². The number of hydrogen-bond acceptors (Lipinski definition) is 4. The first-order valence-corrected chi connectivity index (χ1v) is 16.2. The zero-order valence-electron chi connectivity index (χ0n) is 23.5. The Morgan fingerprint density at radius 1 is 0.972 bits per heavy atom. The van der Waals surface area contributed by atoms with E-state index in [1.807, 2.05) is 12.1 Å². The molecule has 0 saturated heterocycles. The average Bonchev–Trinajstić information content (AvgIpc) is 2.98. The van der Waals surface area contributed by atoms with Crippen LogP contribution in [-0.4, -0.2) is 27.1 Å². The van der Waals surface area contributed by atoms with Crippen LogP contribution in [0.25, 0.3) is 10.9 Å². The van der Waals surface area contributed by atoms with Gasteiger partial charge in [-0.05, 0) is 73.1 Å². The van der Waals surface area contributed by atoms with Gasteiger partial charge in [0.2, 0.25) is 0 Å². The number of nitrogens with one attached hydrogen (secondary N) is 1. The molecule has 2 aromatic carbocycles. The molecule has 0 spiro atoms. The summed E-state index contributed by atoms with van der Waals surface area (Å²) in [6.07, 6.45) is 6.14. The summed E-state index contributed by atoms with van der Waals surface area (Å²) in [7, 11) is 3.68. The van der Waals surface area contributed by atoms with Gasteiger partial charge in [-0.25, -0.2) is 0 Å². The molecule has 0 saturated carbocycles. The number of nitrogens with zero attached hydrogens (tertiary/aromatic N) is 1. The van der Waals surface area contributed by atoms with Gasteiger partial charge in [-0.1, -0.05) is 33.3 Å². The van der Waals surface area contributed by atoms with Crippen LogP contribution in [-0.2, 0) is 37.5 Å². The minimum Gasteiger partial charge on any atom is -0.497 e. The Balaban J connectivity index is 1.78. The number of anilines is 1. The first-order valence-electron chi connectivity index (χ1n) is 13.3. The summed E-state index contributed by atoms with van der Waals surface area (Å²) in [5.41, 5.74) is 7.85. The number of rotatable bonds is 8. The van der Waals surface area contributed by atoms with Gasteiger partial charge >= 0.3 is 0 Å². The van der Waals surface area contributed by atoms with E-state index in [0.29, 0.717) is 13.2 Å². The van der Waals surface area contributed by atoms with Gasteiger partial charge in [0.1, 0.15) is 11.5 Å². The second-order valence-corrected chi connectivity index (χ2v) is 16.4. The Morgan fingerprint density at radius 2 is 1.72 bits per heavy atom. The maximum atomic E-state index is 6.76. The van der Waals surface area contributed by atoms with Crippen molar-refractivity contribution in [2.75, 3.05) is 19.5 Å². The minimum atomic E-state index is -1.91. The number of benzene rings is 2. The third-order valence-electron chi connectivity index (χ3n) is 8.39. The molecule has 0 radical (unpaired) electrons. The molecular weight excluding hydrogens is 464 g/mol. The SMILES string of the molecule is COc1ccc(CNc2c(CO[Si](C)(C)C(C)(C)C)n(C)c3ccc4c(c23)CCCCC4)c(OC)c1. The lowest BCUT2D eigenvalue weighted by Gasteiger charge is -2.36. The highest BCUT2D eigenvalue weighted by atomic mass is 28.4. The van der Waals surface area contributed by atoms with E-state index in [1.165, 1.54) is 59.1 Å². The molecular formula is C30H44N2O3Si. The first-order chi connectivity index (χ1) is 17.1. The van der Waals surface area contributed by atoms with Crippen LogP contribution in [0, 0.1) is 0 Å². The molecule has 0 aliphatic heterocycles. The van der Waals surface area contributed by atoms with Gasteiger partial charge in [0.05, 0.1) is 37.7 Å². The Bertz CT molecular complexity index is 1220. The third-order valence-corrected chi connectivity index (χ3v) is 12.9. The summed E-state index contributed by atoms with van der Waals surface area (Å²) < 4.78 is 20.2. The first kappa shape index (κ1) is 26.6. The summed E-state index contributed by atoms with van der Waals surface area (Å²) in [5.74, 6) is 1.63. The number of fused-ring (bicyclic) bond motifs is 3. The zero-order chi connectivity index (χ0) is 26.1. The van der Waals surface area contributed by atoms with Crippen LogP contribution in [0.3, 0.4) is 0 Å². The molecule has 1 heterocycles. The number of aryl methyl sites for hydroxylation is 3. The fraction of sp³-hybridized carbons (Fsp3) is 0.533. The minimum absolute atomic E-state index is 0.165. The third kappa shape index (κ3) is 5.16. The van der Waals surface area contributed by atoms with Gasteiger partial charge in [0, 0.05) is 30.6 Å². The van der Waals surface area contributed by atoms with Crippen LogP contribution in [0.4, 0.5) is 5.69 Å². The lowest BCUT2D eigenvalue weighted by Crippen LogP contribution is -2.40. The molecule has 0 amide bonds. The fourth-order valence-corrected chi connectivity index (χ4v) is 5.95. The molecule has 1 aliphatic rings. The number of hydrogen-bond donors (Lipinski definition) is 1. The van der Waals surface area contributed by atoms with Crippen LogP contribution in [0.5, 0.6) is 11.5 Å². The summed E-state index contributed by atoms with van der Waals surface area (Å²) in [6, 6.07) is 10.7. The maximum Gasteiger partial charge on any atom is 0.192 e. The van der Waals surface area contributed by atoms with Gasteiger partial charge in [0.25, 0.3) is 0 Å². The largest absolute Gasteiger partial charge is 0.497 e. The Kier molecular flexibility index (Phi) is 7.77. The van der Waals surface area contributed by atoms with Crippen LogP contribution in [0.15, 0.2) is 30.3 Å². The van der Waals surface area contributed by atoms with Crippen molar-refractivity contribution in [1.29, 1.82) is 0 Å². The normalized spacial score (nSPS) is 14.4. The molecule has 0 unspecified atom stereocenters. The van der Waals surface area contributed by atoms with Crippen molar-refractivity contribution in [3.63, 3.8) is 0 Å². The second-order valence-electron chi connectivity index (χ2n) is 11.6. The zero-order valence-corrected chi connectivity index (χ0v) is 24.5. The predicted molar refractivity (Wildman–Crippen MR) is 153 cm³/mol. The summed E-state index contributed by atoms with van der Waals surface area (Å²) in [4.78, 5) is 0. The van der Waals surface area contributed by atoms with E-state index < -0.39 is 8.32 Å². The quantitative estimate of drug-likeness (QED) is 0.251.